The molecule has 1 amide bonds. The van der Waals surface area contributed by atoms with E-state index in [-0.39, 0.29) is 11.3 Å². The summed E-state index contributed by atoms with van der Waals surface area (Å²) in [6.45, 7) is 0.430. The minimum Gasteiger partial charge on any atom is -0.480 e. The summed E-state index contributed by atoms with van der Waals surface area (Å²) in [5.41, 5.74) is 5.29. The van der Waals surface area contributed by atoms with Crippen LogP contribution in [-0.4, -0.2) is 46.0 Å². The summed E-state index contributed by atoms with van der Waals surface area (Å²) >= 11 is 1.51. The molecule has 1 fully saturated rings. The number of rotatable bonds is 4. The number of primary amides is 1. The average Bonchev–Trinajstić information content (AvgIpc) is 2.46. The Morgan fingerprint density at radius 3 is 2.76 bits per heavy atom. The first kappa shape index (κ1) is 15.1. The highest BCUT2D eigenvalue weighted by Gasteiger charge is 2.31. The lowest BCUT2D eigenvalue weighted by atomic mass is 10.1. The van der Waals surface area contributed by atoms with Gasteiger partial charge in [0.1, 0.15) is 6.04 Å². The van der Waals surface area contributed by atoms with E-state index in [1.807, 2.05) is 0 Å². The van der Waals surface area contributed by atoms with Gasteiger partial charge in [-0.05, 0) is 6.07 Å². The molecule has 8 nitrogen and oxygen atoms in total. The zero-order valence-corrected chi connectivity index (χ0v) is 11.7. The first-order valence-electron chi connectivity index (χ1n) is 6.07. The van der Waals surface area contributed by atoms with Gasteiger partial charge in [-0.3, -0.25) is 14.9 Å². The summed E-state index contributed by atoms with van der Waals surface area (Å²) in [4.78, 5) is 34.6. The molecule has 1 heterocycles. The molecule has 1 atom stereocenters. The number of aliphatic carboxylic acids is 1. The van der Waals surface area contributed by atoms with Gasteiger partial charge < -0.3 is 15.7 Å². The van der Waals surface area contributed by atoms with E-state index in [1.165, 1.54) is 23.9 Å². The van der Waals surface area contributed by atoms with Crippen molar-refractivity contribution < 1.29 is 19.6 Å². The lowest BCUT2D eigenvalue weighted by Crippen LogP contribution is -2.48. The Hall–Kier alpha value is -2.29. The average molecular weight is 311 g/mol. The van der Waals surface area contributed by atoms with Gasteiger partial charge in [0.25, 0.3) is 11.6 Å². The van der Waals surface area contributed by atoms with Crippen molar-refractivity contribution in [3.8, 4) is 0 Å². The molecule has 1 aliphatic rings. The predicted molar refractivity (Wildman–Crippen MR) is 77.7 cm³/mol. The molecular formula is C12H13N3O5S. The van der Waals surface area contributed by atoms with Gasteiger partial charge >= 0.3 is 5.97 Å². The van der Waals surface area contributed by atoms with Gasteiger partial charge in [-0.2, -0.15) is 11.8 Å². The standard InChI is InChI=1S/C12H13N3O5S/c13-11(16)8-5-7(15(19)20)1-2-9(8)14-3-4-21-6-10(14)12(17)18/h1-2,5,10H,3-4,6H2,(H2,13,16)(H,17,18). The quantitative estimate of drug-likeness (QED) is 0.619. The van der Waals surface area contributed by atoms with Gasteiger partial charge in [0.15, 0.2) is 0 Å². The summed E-state index contributed by atoms with van der Waals surface area (Å²) in [6.07, 6.45) is 0. The Kier molecular flexibility index (Phi) is 4.32. The van der Waals surface area contributed by atoms with E-state index < -0.39 is 22.8 Å². The number of non-ortho nitro benzene ring substituents is 1. The number of carboxylic acids is 1. The van der Waals surface area contributed by atoms with Gasteiger partial charge in [-0.1, -0.05) is 0 Å². The molecule has 1 aromatic carbocycles. The number of carboxylic acid groups (broad SMARTS) is 1. The number of carbonyl (C=O) groups is 2. The van der Waals surface area contributed by atoms with E-state index in [1.54, 1.807) is 4.90 Å². The maximum atomic E-state index is 11.5. The van der Waals surface area contributed by atoms with Gasteiger partial charge in [-0.25, -0.2) is 4.79 Å². The van der Waals surface area contributed by atoms with Crippen LogP contribution in [0.5, 0.6) is 0 Å². The monoisotopic (exact) mass is 311 g/mol. The van der Waals surface area contributed by atoms with Crippen LogP contribution >= 0.6 is 11.8 Å². The minimum absolute atomic E-state index is 0.0395. The highest BCUT2D eigenvalue weighted by molar-refractivity contribution is 7.99. The molecule has 0 bridgehead atoms. The maximum absolute atomic E-state index is 11.5. The van der Waals surface area contributed by atoms with Crippen molar-refractivity contribution in [2.24, 2.45) is 5.73 Å². The van der Waals surface area contributed by atoms with Crippen LogP contribution in [0, 0.1) is 10.1 Å². The van der Waals surface area contributed by atoms with Crippen LogP contribution in [0.4, 0.5) is 11.4 Å². The molecule has 3 N–H and O–H groups in total. The molecule has 0 radical (unpaired) electrons. The van der Waals surface area contributed by atoms with Crippen molar-refractivity contribution in [1.82, 2.24) is 0 Å². The highest BCUT2D eigenvalue weighted by Crippen LogP contribution is 2.30. The van der Waals surface area contributed by atoms with E-state index >= 15 is 0 Å². The Morgan fingerprint density at radius 1 is 1.48 bits per heavy atom. The second-order valence-corrected chi connectivity index (χ2v) is 5.59. The van der Waals surface area contributed by atoms with Crippen molar-refractivity contribution in [1.29, 1.82) is 0 Å². The Morgan fingerprint density at radius 2 is 2.19 bits per heavy atom. The van der Waals surface area contributed by atoms with Crippen LogP contribution in [0.25, 0.3) is 0 Å². The summed E-state index contributed by atoms with van der Waals surface area (Å²) < 4.78 is 0. The first-order chi connectivity index (χ1) is 9.91. The lowest BCUT2D eigenvalue weighted by molar-refractivity contribution is -0.384. The van der Waals surface area contributed by atoms with E-state index in [2.05, 4.69) is 0 Å². The maximum Gasteiger partial charge on any atom is 0.327 e. The smallest absolute Gasteiger partial charge is 0.327 e. The second-order valence-electron chi connectivity index (χ2n) is 4.45. The van der Waals surface area contributed by atoms with Gasteiger partial charge in [0, 0.05) is 30.2 Å². The van der Waals surface area contributed by atoms with E-state index in [9.17, 15) is 24.8 Å². The summed E-state index contributed by atoms with van der Waals surface area (Å²) in [6, 6.07) is 2.91. The molecule has 1 unspecified atom stereocenters. The fourth-order valence-corrected chi connectivity index (χ4v) is 3.22. The summed E-state index contributed by atoms with van der Waals surface area (Å²) in [5.74, 6) is -0.740. The molecule has 1 aromatic rings. The zero-order chi connectivity index (χ0) is 15.6. The Bertz CT molecular complexity index is 607. The van der Waals surface area contributed by atoms with Crippen molar-refractivity contribution in [3.05, 3.63) is 33.9 Å². The lowest BCUT2D eigenvalue weighted by Gasteiger charge is -2.35. The molecular weight excluding hydrogens is 298 g/mol. The number of amides is 1. The number of carbonyl (C=O) groups excluding carboxylic acids is 1. The first-order valence-corrected chi connectivity index (χ1v) is 7.22. The number of nitro groups is 1. The molecule has 1 aliphatic heterocycles. The number of nitro benzene ring substituents is 1. The number of anilines is 1. The van der Waals surface area contributed by atoms with E-state index in [4.69, 9.17) is 5.73 Å². The molecule has 0 saturated carbocycles. The summed E-state index contributed by atoms with van der Waals surface area (Å²) in [5, 5.41) is 20.0. The zero-order valence-electron chi connectivity index (χ0n) is 10.9. The van der Waals surface area contributed by atoms with Gasteiger partial charge in [-0.15, -0.1) is 0 Å². The SMILES string of the molecule is NC(=O)c1cc([N+](=O)[O-])ccc1N1CCSCC1C(=O)O. The van der Waals surface area contributed by atoms with E-state index in [0.29, 0.717) is 23.7 Å². The van der Waals surface area contributed by atoms with E-state index in [0.717, 1.165) is 6.07 Å². The summed E-state index contributed by atoms with van der Waals surface area (Å²) in [7, 11) is 0. The third kappa shape index (κ3) is 3.07. The number of nitrogens with zero attached hydrogens (tertiary/aromatic N) is 2. The molecule has 112 valence electrons. The number of hydrogen-bond donors (Lipinski definition) is 2. The fraction of sp³-hybridized carbons (Fsp3) is 0.333. The largest absolute Gasteiger partial charge is 0.480 e. The van der Waals surface area contributed by atoms with Crippen molar-refractivity contribution in [2.75, 3.05) is 23.0 Å². The molecule has 1 saturated heterocycles. The van der Waals surface area contributed by atoms with Gasteiger partial charge in [0.05, 0.1) is 16.2 Å². The van der Waals surface area contributed by atoms with Crippen molar-refractivity contribution in [2.45, 2.75) is 6.04 Å². The minimum atomic E-state index is -1.00. The van der Waals surface area contributed by atoms with Crippen LogP contribution in [0.2, 0.25) is 0 Å². The van der Waals surface area contributed by atoms with Crippen molar-refractivity contribution >= 4 is 35.0 Å². The predicted octanol–water partition coefficient (Wildman–Crippen LogP) is 0.700. The molecule has 0 spiro atoms. The second kappa shape index (κ2) is 6.00. The van der Waals surface area contributed by atoms with Crippen molar-refractivity contribution in [3.63, 3.8) is 0 Å². The van der Waals surface area contributed by atoms with Crippen LogP contribution in [0.3, 0.4) is 0 Å². The molecule has 21 heavy (non-hydrogen) atoms. The third-order valence-electron chi connectivity index (χ3n) is 3.18. The Labute approximate surface area is 124 Å². The van der Waals surface area contributed by atoms with Crippen LogP contribution in [0.15, 0.2) is 18.2 Å². The fourth-order valence-electron chi connectivity index (χ4n) is 2.18. The number of nitrogens with two attached hydrogens (primary N) is 1. The molecule has 0 aliphatic carbocycles. The molecule has 0 aromatic heterocycles. The normalized spacial score (nSPS) is 18.3. The highest BCUT2D eigenvalue weighted by atomic mass is 32.2. The topological polar surface area (TPSA) is 127 Å². The molecule has 9 heteroatoms. The number of thioether (sulfide) groups is 1. The van der Waals surface area contributed by atoms with Crippen LogP contribution < -0.4 is 10.6 Å². The molecule has 2 rings (SSSR count). The van der Waals surface area contributed by atoms with Gasteiger partial charge in [0.2, 0.25) is 0 Å². The number of benzene rings is 1. The Balaban J connectivity index is 2.48. The number of hydrogen-bond acceptors (Lipinski definition) is 6. The third-order valence-corrected chi connectivity index (χ3v) is 4.20. The van der Waals surface area contributed by atoms with Crippen LogP contribution in [-0.2, 0) is 4.79 Å². The van der Waals surface area contributed by atoms with Crippen LogP contribution in [0.1, 0.15) is 10.4 Å².